The molecule has 1 aliphatic rings. The van der Waals surface area contributed by atoms with E-state index in [1.165, 1.54) is 18.3 Å². The predicted octanol–water partition coefficient (Wildman–Crippen LogP) is 3.61. The number of anilines is 1. The number of amides is 1. The van der Waals surface area contributed by atoms with Gasteiger partial charge in [-0.25, -0.2) is 4.98 Å². The molecule has 2 atom stereocenters. The van der Waals surface area contributed by atoms with E-state index < -0.39 is 0 Å². The summed E-state index contributed by atoms with van der Waals surface area (Å²) in [7, 11) is 0. The van der Waals surface area contributed by atoms with Crippen LogP contribution in [0, 0.1) is 11.8 Å². The van der Waals surface area contributed by atoms with Crippen LogP contribution in [0.15, 0.2) is 30.3 Å². The van der Waals surface area contributed by atoms with E-state index in [4.69, 9.17) is 0 Å². The van der Waals surface area contributed by atoms with E-state index in [9.17, 15) is 9.59 Å². The van der Waals surface area contributed by atoms with Gasteiger partial charge in [-0.05, 0) is 12.3 Å². The second kappa shape index (κ2) is 5.41. The SMILES string of the molecule is CC(=O)c1sc(NC(=O)[C@H]2C[C@@H]2C)nc1-c1ccccc1. The summed E-state index contributed by atoms with van der Waals surface area (Å²) < 4.78 is 0. The Bertz CT molecular complexity index is 694. The number of Topliss-reactive ketones (excluding diaryl/α,β-unsaturated/α-hetero) is 1. The summed E-state index contributed by atoms with van der Waals surface area (Å²) >= 11 is 1.24. The standard InChI is InChI=1S/C16H16N2O2S/c1-9-8-12(9)15(20)18-16-17-13(14(21-16)10(2)19)11-6-4-3-5-7-11/h3-7,9,12H,8H2,1-2H3,(H,17,18,20)/t9-,12-/m0/s1. The van der Waals surface area contributed by atoms with Gasteiger partial charge in [-0.2, -0.15) is 0 Å². The monoisotopic (exact) mass is 300 g/mol. The summed E-state index contributed by atoms with van der Waals surface area (Å²) in [5.41, 5.74) is 1.53. The summed E-state index contributed by atoms with van der Waals surface area (Å²) in [5.74, 6) is 0.512. The molecule has 108 valence electrons. The van der Waals surface area contributed by atoms with Gasteiger partial charge in [0.25, 0.3) is 0 Å². The summed E-state index contributed by atoms with van der Waals surface area (Å²) in [4.78, 5) is 28.8. The zero-order valence-electron chi connectivity index (χ0n) is 11.9. The highest BCUT2D eigenvalue weighted by Gasteiger charge is 2.39. The number of benzene rings is 1. The molecule has 1 saturated carbocycles. The second-order valence-electron chi connectivity index (χ2n) is 5.43. The van der Waals surface area contributed by atoms with E-state index in [-0.39, 0.29) is 17.6 Å². The molecule has 4 nitrogen and oxygen atoms in total. The van der Waals surface area contributed by atoms with Crippen molar-refractivity contribution >= 4 is 28.2 Å². The maximum absolute atomic E-state index is 12.0. The lowest BCUT2D eigenvalue weighted by Crippen LogP contribution is -2.14. The molecule has 1 N–H and O–H groups in total. The van der Waals surface area contributed by atoms with Gasteiger partial charge in [0.15, 0.2) is 10.9 Å². The number of carbonyl (C=O) groups is 2. The van der Waals surface area contributed by atoms with Gasteiger partial charge in [0.2, 0.25) is 5.91 Å². The minimum Gasteiger partial charge on any atom is -0.302 e. The average molecular weight is 300 g/mol. The van der Waals surface area contributed by atoms with Gasteiger partial charge in [0.1, 0.15) is 0 Å². The third kappa shape index (κ3) is 2.88. The van der Waals surface area contributed by atoms with E-state index in [0.29, 0.717) is 21.6 Å². The quantitative estimate of drug-likeness (QED) is 0.878. The molecular formula is C16H16N2O2S. The van der Waals surface area contributed by atoms with Crippen LogP contribution in [-0.4, -0.2) is 16.7 Å². The van der Waals surface area contributed by atoms with Crippen LogP contribution in [0.25, 0.3) is 11.3 Å². The van der Waals surface area contributed by atoms with E-state index in [1.807, 2.05) is 30.3 Å². The van der Waals surface area contributed by atoms with Crippen LogP contribution in [0.3, 0.4) is 0 Å². The van der Waals surface area contributed by atoms with Gasteiger partial charge in [0, 0.05) is 18.4 Å². The molecule has 1 aliphatic carbocycles. The highest BCUT2D eigenvalue weighted by atomic mass is 32.1. The fraction of sp³-hybridized carbons (Fsp3) is 0.312. The molecule has 0 aliphatic heterocycles. The van der Waals surface area contributed by atoms with Crippen molar-refractivity contribution in [2.45, 2.75) is 20.3 Å². The Morgan fingerprint density at radius 3 is 2.52 bits per heavy atom. The Kier molecular flexibility index (Phi) is 3.59. The number of rotatable bonds is 4. The fourth-order valence-electron chi connectivity index (χ4n) is 2.29. The first-order valence-electron chi connectivity index (χ1n) is 6.94. The number of ketones is 1. The third-order valence-corrected chi connectivity index (χ3v) is 4.74. The van der Waals surface area contributed by atoms with Crippen molar-refractivity contribution in [3.63, 3.8) is 0 Å². The number of carbonyl (C=O) groups excluding carboxylic acids is 2. The molecule has 0 saturated heterocycles. The minimum atomic E-state index is -0.0355. The maximum Gasteiger partial charge on any atom is 0.229 e. The van der Waals surface area contributed by atoms with Crippen molar-refractivity contribution in [1.82, 2.24) is 4.98 Å². The van der Waals surface area contributed by atoms with Crippen molar-refractivity contribution in [3.05, 3.63) is 35.2 Å². The zero-order chi connectivity index (χ0) is 15.0. The van der Waals surface area contributed by atoms with E-state index in [2.05, 4.69) is 17.2 Å². The number of nitrogens with one attached hydrogen (secondary N) is 1. The molecule has 0 bridgehead atoms. The van der Waals surface area contributed by atoms with E-state index in [1.54, 1.807) is 0 Å². The molecule has 5 heteroatoms. The van der Waals surface area contributed by atoms with Crippen LogP contribution in [0.2, 0.25) is 0 Å². The zero-order valence-corrected chi connectivity index (χ0v) is 12.7. The van der Waals surface area contributed by atoms with Crippen LogP contribution in [0.5, 0.6) is 0 Å². The lowest BCUT2D eigenvalue weighted by atomic mass is 10.1. The summed E-state index contributed by atoms with van der Waals surface area (Å²) in [6, 6.07) is 9.55. The molecule has 1 fully saturated rings. The van der Waals surface area contributed by atoms with Gasteiger partial charge >= 0.3 is 0 Å². The molecule has 0 radical (unpaired) electrons. The molecule has 1 aromatic carbocycles. The largest absolute Gasteiger partial charge is 0.302 e. The maximum atomic E-state index is 12.0. The lowest BCUT2D eigenvalue weighted by Gasteiger charge is -1.99. The van der Waals surface area contributed by atoms with Crippen LogP contribution < -0.4 is 5.32 Å². The van der Waals surface area contributed by atoms with E-state index in [0.717, 1.165) is 12.0 Å². The summed E-state index contributed by atoms with van der Waals surface area (Å²) in [6.07, 6.45) is 0.933. The van der Waals surface area contributed by atoms with Crippen LogP contribution in [-0.2, 0) is 4.79 Å². The van der Waals surface area contributed by atoms with Crippen molar-refractivity contribution < 1.29 is 9.59 Å². The smallest absolute Gasteiger partial charge is 0.229 e. The van der Waals surface area contributed by atoms with E-state index >= 15 is 0 Å². The first kappa shape index (κ1) is 13.9. The van der Waals surface area contributed by atoms with Crippen molar-refractivity contribution in [2.24, 2.45) is 11.8 Å². The Hall–Kier alpha value is -2.01. The molecule has 1 heterocycles. The number of nitrogens with zero attached hydrogens (tertiary/aromatic N) is 1. The van der Waals surface area contributed by atoms with Crippen LogP contribution in [0.1, 0.15) is 29.9 Å². The third-order valence-electron chi connectivity index (χ3n) is 3.67. The van der Waals surface area contributed by atoms with Crippen molar-refractivity contribution in [1.29, 1.82) is 0 Å². The molecule has 1 amide bonds. The Balaban J connectivity index is 1.90. The minimum absolute atomic E-state index is 0.00552. The Labute approximate surface area is 127 Å². The van der Waals surface area contributed by atoms with Crippen molar-refractivity contribution in [3.8, 4) is 11.3 Å². The molecular weight excluding hydrogens is 284 g/mol. The van der Waals surface area contributed by atoms with Gasteiger partial charge in [-0.3, -0.25) is 9.59 Å². The van der Waals surface area contributed by atoms with Crippen LogP contribution in [0.4, 0.5) is 5.13 Å². The normalized spacial score (nSPS) is 20.1. The summed E-state index contributed by atoms with van der Waals surface area (Å²) in [5, 5.41) is 3.34. The second-order valence-corrected chi connectivity index (χ2v) is 6.43. The number of thiazole rings is 1. The topological polar surface area (TPSA) is 59.1 Å². The van der Waals surface area contributed by atoms with Gasteiger partial charge in [-0.15, -0.1) is 0 Å². The lowest BCUT2D eigenvalue weighted by molar-refractivity contribution is -0.117. The molecule has 21 heavy (non-hydrogen) atoms. The fourth-order valence-corrected chi connectivity index (χ4v) is 3.18. The molecule has 3 rings (SSSR count). The average Bonchev–Trinajstić information content (AvgIpc) is 3.05. The highest BCUT2D eigenvalue weighted by Crippen LogP contribution is 2.39. The first-order chi connectivity index (χ1) is 10.1. The van der Waals surface area contributed by atoms with Gasteiger partial charge in [-0.1, -0.05) is 48.6 Å². The number of hydrogen-bond acceptors (Lipinski definition) is 4. The number of aromatic nitrogens is 1. The molecule has 1 aromatic heterocycles. The molecule has 0 spiro atoms. The predicted molar refractivity (Wildman–Crippen MR) is 83.5 cm³/mol. The highest BCUT2D eigenvalue weighted by molar-refractivity contribution is 7.18. The Morgan fingerprint density at radius 1 is 1.29 bits per heavy atom. The van der Waals surface area contributed by atoms with Crippen molar-refractivity contribution in [2.75, 3.05) is 5.32 Å². The summed E-state index contributed by atoms with van der Waals surface area (Å²) in [6.45, 7) is 3.58. The molecule has 2 aromatic rings. The van der Waals surface area contributed by atoms with Gasteiger partial charge in [0.05, 0.1) is 10.6 Å². The molecule has 0 unspecified atom stereocenters. The number of hydrogen-bond donors (Lipinski definition) is 1. The Morgan fingerprint density at radius 2 is 1.95 bits per heavy atom. The van der Waals surface area contributed by atoms with Gasteiger partial charge < -0.3 is 5.32 Å². The van der Waals surface area contributed by atoms with Crippen LogP contribution >= 0.6 is 11.3 Å². The first-order valence-corrected chi connectivity index (χ1v) is 7.76.